The first-order valence-electron chi connectivity index (χ1n) is 15.5. The number of benzene rings is 7. The first-order valence-corrected chi connectivity index (χ1v) is 15.5. The van der Waals surface area contributed by atoms with E-state index in [9.17, 15) is 0 Å². The summed E-state index contributed by atoms with van der Waals surface area (Å²) in [6, 6.07) is 51.8. The number of hydrogen-bond acceptors (Lipinski definition) is 2. The molecule has 0 spiro atoms. The number of para-hydroxylation sites is 1. The van der Waals surface area contributed by atoms with E-state index in [0.29, 0.717) is 0 Å². The van der Waals surface area contributed by atoms with Crippen molar-refractivity contribution in [3.8, 4) is 44.9 Å². The molecule has 0 amide bonds. The van der Waals surface area contributed by atoms with Gasteiger partial charge in [-0.2, -0.15) is 0 Å². The van der Waals surface area contributed by atoms with Gasteiger partial charge in [0.2, 0.25) is 0 Å². The van der Waals surface area contributed by atoms with Crippen molar-refractivity contribution >= 4 is 32.7 Å². The lowest BCUT2D eigenvalue weighted by atomic mass is 9.75. The molecule has 9 rings (SSSR count). The van der Waals surface area contributed by atoms with E-state index in [-0.39, 0.29) is 5.41 Å². The van der Waals surface area contributed by atoms with Crippen LogP contribution < -0.4 is 4.74 Å². The minimum atomic E-state index is -0.151. The van der Waals surface area contributed by atoms with Gasteiger partial charge in [-0.25, -0.2) is 0 Å². The van der Waals surface area contributed by atoms with Crippen LogP contribution in [0.1, 0.15) is 25.0 Å². The summed E-state index contributed by atoms with van der Waals surface area (Å²) in [6.45, 7) is 4.56. The molecule has 1 aliphatic heterocycles. The number of hydrogen-bond donors (Lipinski definition) is 0. The van der Waals surface area contributed by atoms with Crippen molar-refractivity contribution in [2.45, 2.75) is 19.3 Å². The van der Waals surface area contributed by atoms with Crippen molar-refractivity contribution in [2.24, 2.45) is 0 Å². The molecule has 0 unspecified atom stereocenters. The third-order valence-electron chi connectivity index (χ3n) is 9.51. The van der Waals surface area contributed by atoms with Crippen LogP contribution >= 0.6 is 0 Å². The van der Waals surface area contributed by atoms with Crippen LogP contribution in [0.3, 0.4) is 0 Å². The van der Waals surface area contributed by atoms with Crippen LogP contribution in [0.4, 0.5) is 0 Å². The highest BCUT2D eigenvalue weighted by Crippen LogP contribution is 2.49. The summed E-state index contributed by atoms with van der Waals surface area (Å²) in [7, 11) is 0. The molecule has 1 aliphatic rings. The van der Waals surface area contributed by atoms with Gasteiger partial charge >= 0.3 is 0 Å². The van der Waals surface area contributed by atoms with E-state index in [4.69, 9.17) is 9.15 Å². The monoisotopic (exact) mass is 578 g/mol. The molecule has 0 saturated carbocycles. The Kier molecular flexibility index (Phi) is 5.58. The summed E-state index contributed by atoms with van der Waals surface area (Å²) in [5.41, 5.74) is 11.0. The van der Waals surface area contributed by atoms with Crippen LogP contribution in [0.25, 0.3) is 66.1 Å². The number of furan rings is 1. The van der Waals surface area contributed by atoms with E-state index in [1.807, 2.05) is 6.07 Å². The zero-order valence-electron chi connectivity index (χ0n) is 25.2. The fourth-order valence-corrected chi connectivity index (χ4v) is 7.18. The molecule has 45 heavy (non-hydrogen) atoms. The lowest BCUT2D eigenvalue weighted by molar-refractivity contribution is 0.418. The summed E-state index contributed by atoms with van der Waals surface area (Å²) in [4.78, 5) is 0. The van der Waals surface area contributed by atoms with E-state index in [1.54, 1.807) is 0 Å². The molecule has 0 bridgehead atoms. The fourth-order valence-electron chi connectivity index (χ4n) is 7.18. The quantitative estimate of drug-likeness (QED) is 0.208. The Morgan fingerprint density at radius 1 is 0.467 bits per heavy atom. The summed E-state index contributed by atoms with van der Waals surface area (Å²) >= 11 is 0. The summed E-state index contributed by atoms with van der Waals surface area (Å²) in [5, 5.41) is 4.59. The van der Waals surface area contributed by atoms with Crippen LogP contribution in [-0.2, 0) is 5.41 Å². The Morgan fingerprint density at radius 2 is 1.20 bits per heavy atom. The maximum atomic E-state index is 6.55. The second-order valence-corrected chi connectivity index (χ2v) is 12.5. The SMILES string of the molecule is CC1(C)c2ccccc2Oc2cc(-c3cc(-c4ccccc4)cc(-c4cccc5oc6c7ccccc7ccc6c45)c3)ccc21. The Morgan fingerprint density at radius 3 is 2.09 bits per heavy atom. The first kappa shape index (κ1) is 25.9. The van der Waals surface area contributed by atoms with E-state index < -0.39 is 0 Å². The summed E-state index contributed by atoms with van der Waals surface area (Å²) in [6.07, 6.45) is 0. The normalized spacial score (nSPS) is 13.5. The number of rotatable bonds is 3. The van der Waals surface area contributed by atoms with Gasteiger partial charge in [0, 0.05) is 32.7 Å². The van der Waals surface area contributed by atoms with Gasteiger partial charge in [-0.05, 0) is 81.2 Å². The molecule has 1 aromatic heterocycles. The van der Waals surface area contributed by atoms with E-state index in [2.05, 4.69) is 153 Å². The van der Waals surface area contributed by atoms with Gasteiger partial charge in [0.15, 0.2) is 0 Å². The maximum absolute atomic E-state index is 6.55. The average Bonchev–Trinajstić information content (AvgIpc) is 3.48. The molecular formula is C43H30O2. The van der Waals surface area contributed by atoms with Crippen molar-refractivity contribution in [1.82, 2.24) is 0 Å². The highest BCUT2D eigenvalue weighted by Gasteiger charge is 2.34. The van der Waals surface area contributed by atoms with Crippen LogP contribution in [-0.4, -0.2) is 0 Å². The number of ether oxygens (including phenoxy) is 1. The third kappa shape index (κ3) is 4.03. The zero-order chi connectivity index (χ0) is 30.1. The van der Waals surface area contributed by atoms with Gasteiger partial charge in [-0.1, -0.05) is 117 Å². The number of fused-ring (bicyclic) bond motifs is 7. The molecule has 2 heteroatoms. The summed E-state index contributed by atoms with van der Waals surface area (Å²) < 4.78 is 13.1. The standard InChI is InChI=1S/C43H30O2/c1-43(2)36-16-8-9-17-38(36)44-40-26-29(20-22-37(40)43)31-23-30(27-11-4-3-5-12-27)24-32(25-31)33-15-10-18-39-41(33)35-21-19-28-13-6-7-14-34(28)42(35)45-39/h3-26H,1-2H3. The third-order valence-corrected chi connectivity index (χ3v) is 9.51. The maximum Gasteiger partial charge on any atom is 0.143 e. The highest BCUT2D eigenvalue weighted by molar-refractivity contribution is 6.19. The molecule has 2 heterocycles. The van der Waals surface area contributed by atoms with Gasteiger partial charge in [0.05, 0.1) is 0 Å². The average molecular weight is 579 g/mol. The molecule has 0 radical (unpaired) electrons. The van der Waals surface area contributed by atoms with Crippen molar-refractivity contribution in [2.75, 3.05) is 0 Å². The van der Waals surface area contributed by atoms with Crippen LogP contribution in [0.15, 0.2) is 150 Å². The van der Waals surface area contributed by atoms with E-state index in [1.165, 1.54) is 27.6 Å². The van der Waals surface area contributed by atoms with E-state index in [0.717, 1.165) is 61.1 Å². The molecule has 7 aromatic carbocycles. The lowest BCUT2D eigenvalue weighted by Crippen LogP contribution is -2.24. The summed E-state index contributed by atoms with van der Waals surface area (Å²) in [5.74, 6) is 1.84. The second kappa shape index (κ2) is 9.70. The van der Waals surface area contributed by atoms with Gasteiger partial charge < -0.3 is 9.15 Å². The Bertz CT molecular complexity index is 2430. The van der Waals surface area contributed by atoms with Crippen LogP contribution in [0.2, 0.25) is 0 Å². The molecule has 8 aromatic rings. The molecule has 214 valence electrons. The van der Waals surface area contributed by atoms with Crippen LogP contribution in [0.5, 0.6) is 11.5 Å². The van der Waals surface area contributed by atoms with Gasteiger partial charge in [-0.15, -0.1) is 0 Å². The van der Waals surface area contributed by atoms with Gasteiger partial charge in [-0.3, -0.25) is 0 Å². The minimum absolute atomic E-state index is 0.151. The molecule has 0 N–H and O–H groups in total. The fraction of sp³-hybridized carbons (Fsp3) is 0.0698. The predicted octanol–water partition coefficient (Wildman–Crippen LogP) is 12.2. The first-order chi connectivity index (χ1) is 22.0. The molecule has 0 atom stereocenters. The van der Waals surface area contributed by atoms with Crippen molar-refractivity contribution in [1.29, 1.82) is 0 Å². The second-order valence-electron chi connectivity index (χ2n) is 12.5. The Hall–Kier alpha value is -5.60. The zero-order valence-corrected chi connectivity index (χ0v) is 25.2. The Balaban J connectivity index is 1.26. The molecule has 0 aliphatic carbocycles. The largest absolute Gasteiger partial charge is 0.457 e. The highest BCUT2D eigenvalue weighted by atomic mass is 16.5. The van der Waals surface area contributed by atoms with E-state index >= 15 is 0 Å². The van der Waals surface area contributed by atoms with Crippen LogP contribution in [0, 0.1) is 0 Å². The lowest BCUT2D eigenvalue weighted by Gasteiger charge is -2.34. The van der Waals surface area contributed by atoms with Crippen molar-refractivity contribution in [3.05, 3.63) is 157 Å². The smallest absolute Gasteiger partial charge is 0.143 e. The molecular weight excluding hydrogens is 548 g/mol. The Labute approximate surface area is 262 Å². The predicted molar refractivity (Wildman–Crippen MR) is 186 cm³/mol. The minimum Gasteiger partial charge on any atom is -0.457 e. The van der Waals surface area contributed by atoms with Crippen molar-refractivity contribution in [3.63, 3.8) is 0 Å². The van der Waals surface area contributed by atoms with Gasteiger partial charge in [0.25, 0.3) is 0 Å². The molecule has 0 fully saturated rings. The van der Waals surface area contributed by atoms with Crippen molar-refractivity contribution < 1.29 is 9.15 Å². The van der Waals surface area contributed by atoms with Gasteiger partial charge in [0.1, 0.15) is 22.7 Å². The molecule has 2 nitrogen and oxygen atoms in total. The topological polar surface area (TPSA) is 22.4 Å². The molecule has 0 saturated heterocycles.